The van der Waals surface area contributed by atoms with E-state index in [0.717, 1.165) is 5.39 Å². The minimum atomic E-state index is -0.455. The van der Waals surface area contributed by atoms with Gasteiger partial charge in [-0.2, -0.15) is 0 Å². The summed E-state index contributed by atoms with van der Waals surface area (Å²) >= 11 is 0. The van der Waals surface area contributed by atoms with Gasteiger partial charge in [0.25, 0.3) is 5.91 Å². The highest BCUT2D eigenvalue weighted by atomic mass is 16.5. The van der Waals surface area contributed by atoms with Crippen molar-refractivity contribution in [1.29, 1.82) is 0 Å². The summed E-state index contributed by atoms with van der Waals surface area (Å²) in [6, 6.07) is 21.0. The number of hydrogen-bond donors (Lipinski definition) is 1. The Morgan fingerprint density at radius 3 is 2.53 bits per heavy atom. The molecule has 0 bridgehead atoms. The monoisotopic (exact) mass is 401 g/mol. The maximum atomic E-state index is 12.8. The average molecular weight is 401 g/mol. The molecule has 4 rings (SSSR count). The third-order valence-corrected chi connectivity index (χ3v) is 4.73. The molecule has 6 heteroatoms. The van der Waals surface area contributed by atoms with Gasteiger partial charge < -0.3 is 19.2 Å². The van der Waals surface area contributed by atoms with Crippen LogP contribution in [0.5, 0.6) is 11.5 Å². The number of anilines is 1. The second-order valence-electron chi connectivity index (χ2n) is 6.59. The van der Waals surface area contributed by atoms with Gasteiger partial charge in [-0.1, -0.05) is 30.3 Å². The number of methoxy groups -OCH3 is 2. The van der Waals surface area contributed by atoms with Gasteiger partial charge in [-0.25, -0.2) is 4.79 Å². The first-order valence-corrected chi connectivity index (χ1v) is 9.26. The van der Waals surface area contributed by atoms with Crippen LogP contribution in [0, 0.1) is 0 Å². The predicted octanol–water partition coefficient (Wildman–Crippen LogP) is 4.73. The van der Waals surface area contributed by atoms with Gasteiger partial charge in [-0.05, 0) is 42.0 Å². The lowest BCUT2D eigenvalue weighted by Crippen LogP contribution is -2.13. The zero-order chi connectivity index (χ0) is 21.1. The van der Waals surface area contributed by atoms with Crippen LogP contribution in [0.25, 0.3) is 22.1 Å². The van der Waals surface area contributed by atoms with E-state index < -0.39 is 5.63 Å². The third kappa shape index (κ3) is 3.75. The first kappa shape index (κ1) is 19.3. The molecule has 0 saturated carbocycles. The van der Waals surface area contributed by atoms with E-state index in [9.17, 15) is 9.59 Å². The van der Waals surface area contributed by atoms with Crippen molar-refractivity contribution in [3.63, 3.8) is 0 Å². The number of ether oxygens (including phenoxy) is 2. The molecule has 0 atom stereocenters. The van der Waals surface area contributed by atoms with E-state index in [1.54, 1.807) is 61.7 Å². The number of fused-ring (bicyclic) bond motifs is 1. The van der Waals surface area contributed by atoms with Crippen LogP contribution in [-0.2, 0) is 0 Å². The van der Waals surface area contributed by atoms with Gasteiger partial charge in [0.1, 0.15) is 17.1 Å². The van der Waals surface area contributed by atoms with Gasteiger partial charge in [0, 0.05) is 17.0 Å². The van der Waals surface area contributed by atoms with Crippen molar-refractivity contribution in [2.24, 2.45) is 0 Å². The average Bonchev–Trinajstić information content (AvgIpc) is 2.78. The third-order valence-electron chi connectivity index (χ3n) is 4.73. The predicted molar refractivity (Wildman–Crippen MR) is 115 cm³/mol. The largest absolute Gasteiger partial charge is 0.497 e. The topological polar surface area (TPSA) is 77.8 Å². The first-order chi connectivity index (χ1) is 14.6. The zero-order valence-corrected chi connectivity index (χ0v) is 16.5. The number of carbonyl (C=O) groups is 1. The van der Waals surface area contributed by atoms with Crippen LogP contribution in [-0.4, -0.2) is 20.1 Å². The van der Waals surface area contributed by atoms with Crippen LogP contribution in [0.1, 0.15) is 10.4 Å². The molecule has 1 N–H and O–H groups in total. The lowest BCUT2D eigenvalue weighted by molar-refractivity contribution is 0.102. The van der Waals surface area contributed by atoms with Crippen LogP contribution in [0.3, 0.4) is 0 Å². The molecular formula is C24H19NO5. The number of carbonyl (C=O) groups excluding carboxylic acids is 1. The van der Waals surface area contributed by atoms with Crippen LogP contribution < -0.4 is 20.4 Å². The van der Waals surface area contributed by atoms with Crippen molar-refractivity contribution in [1.82, 2.24) is 0 Å². The summed E-state index contributed by atoms with van der Waals surface area (Å²) in [6.07, 6.45) is 0. The van der Waals surface area contributed by atoms with Crippen molar-refractivity contribution in [2.45, 2.75) is 0 Å². The summed E-state index contributed by atoms with van der Waals surface area (Å²) in [5.74, 6) is 0.773. The molecule has 0 aliphatic rings. The Kier molecular flexibility index (Phi) is 5.22. The van der Waals surface area contributed by atoms with Crippen molar-refractivity contribution >= 4 is 22.6 Å². The SMILES string of the molecule is COc1ccc(NC(=O)c2cccc(-c3cc4ccccc4oc3=O)c2)c(OC)c1. The molecule has 0 radical (unpaired) electrons. The molecule has 0 unspecified atom stereocenters. The number of rotatable bonds is 5. The van der Waals surface area contributed by atoms with E-state index in [2.05, 4.69) is 5.32 Å². The molecule has 0 aliphatic carbocycles. The highest BCUT2D eigenvalue weighted by molar-refractivity contribution is 6.05. The number of amides is 1. The Labute approximate surface area is 172 Å². The van der Waals surface area contributed by atoms with Crippen molar-refractivity contribution in [3.8, 4) is 22.6 Å². The molecule has 0 aliphatic heterocycles. The van der Waals surface area contributed by atoms with Crippen LogP contribution in [0.2, 0.25) is 0 Å². The molecule has 30 heavy (non-hydrogen) atoms. The van der Waals surface area contributed by atoms with Gasteiger partial charge in [0.2, 0.25) is 0 Å². The number of benzene rings is 3. The summed E-state index contributed by atoms with van der Waals surface area (Å²) in [5, 5.41) is 3.64. The molecule has 150 valence electrons. The number of nitrogens with one attached hydrogen (secondary N) is 1. The Hall–Kier alpha value is -4.06. The van der Waals surface area contributed by atoms with Gasteiger partial charge in [-0.3, -0.25) is 4.79 Å². The van der Waals surface area contributed by atoms with E-state index in [-0.39, 0.29) is 5.91 Å². The molecule has 1 amide bonds. The van der Waals surface area contributed by atoms with Crippen LogP contribution >= 0.6 is 0 Å². The molecule has 6 nitrogen and oxygen atoms in total. The standard InChI is InChI=1S/C24H19NO5/c1-28-18-10-11-20(22(14-18)29-2)25-23(26)17-8-5-7-15(12-17)19-13-16-6-3-4-9-21(16)30-24(19)27/h3-14H,1-2H3,(H,25,26). The van der Waals surface area contributed by atoms with Gasteiger partial charge in [0.15, 0.2) is 0 Å². The van der Waals surface area contributed by atoms with E-state index >= 15 is 0 Å². The van der Waals surface area contributed by atoms with E-state index in [1.807, 2.05) is 18.2 Å². The summed E-state index contributed by atoms with van der Waals surface area (Å²) < 4.78 is 15.9. The lowest BCUT2D eigenvalue weighted by atomic mass is 10.0. The Morgan fingerprint density at radius 1 is 0.900 bits per heavy atom. The first-order valence-electron chi connectivity index (χ1n) is 9.26. The zero-order valence-electron chi connectivity index (χ0n) is 16.5. The van der Waals surface area contributed by atoms with Gasteiger partial charge in [0.05, 0.1) is 25.5 Å². The quantitative estimate of drug-likeness (QED) is 0.489. The molecule has 0 spiro atoms. The summed E-state index contributed by atoms with van der Waals surface area (Å²) in [5.41, 5.74) is 1.97. The fourth-order valence-corrected chi connectivity index (χ4v) is 3.19. The maximum absolute atomic E-state index is 12.8. The Morgan fingerprint density at radius 2 is 1.73 bits per heavy atom. The lowest BCUT2D eigenvalue weighted by Gasteiger charge is -2.12. The Bertz CT molecular complexity index is 1290. The molecule has 1 aromatic heterocycles. The smallest absolute Gasteiger partial charge is 0.344 e. The second kappa shape index (κ2) is 8.13. The molecule has 4 aromatic rings. The molecule has 0 fully saturated rings. The van der Waals surface area contributed by atoms with E-state index in [1.165, 1.54) is 7.11 Å². The van der Waals surface area contributed by atoms with Gasteiger partial charge >= 0.3 is 5.63 Å². The molecule has 3 aromatic carbocycles. The number of para-hydroxylation sites is 1. The molecule has 0 saturated heterocycles. The minimum absolute atomic E-state index is 0.328. The summed E-state index contributed by atoms with van der Waals surface area (Å²) in [4.78, 5) is 25.3. The summed E-state index contributed by atoms with van der Waals surface area (Å²) in [7, 11) is 3.08. The van der Waals surface area contributed by atoms with E-state index in [0.29, 0.717) is 39.5 Å². The Balaban J connectivity index is 1.66. The highest BCUT2D eigenvalue weighted by Crippen LogP contribution is 2.30. The molecular weight excluding hydrogens is 382 g/mol. The van der Waals surface area contributed by atoms with Gasteiger partial charge in [-0.15, -0.1) is 0 Å². The summed E-state index contributed by atoms with van der Waals surface area (Å²) in [6.45, 7) is 0. The van der Waals surface area contributed by atoms with E-state index in [4.69, 9.17) is 13.9 Å². The van der Waals surface area contributed by atoms with Crippen molar-refractivity contribution in [3.05, 3.63) is 88.8 Å². The van der Waals surface area contributed by atoms with Crippen LogP contribution in [0.15, 0.2) is 82.0 Å². The highest BCUT2D eigenvalue weighted by Gasteiger charge is 2.13. The normalized spacial score (nSPS) is 10.6. The fraction of sp³-hybridized carbons (Fsp3) is 0.0833. The second-order valence-corrected chi connectivity index (χ2v) is 6.59. The van der Waals surface area contributed by atoms with Crippen molar-refractivity contribution in [2.75, 3.05) is 19.5 Å². The molecule has 1 heterocycles. The van der Waals surface area contributed by atoms with Crippen LogP contribution in [0.4, 0.5) is 5.69 Å². The number of hydrogen-bond acceptors (Lipinski definition) is 5. The fourth-order valence-electron chi connectivity index (χ4n) is 3.19. The minimum Gasteiger partial charge on any atom is -0.497 e. The van der Waals surface area contributed by atoms with Crippen molar-refractivity contribution < 1.29 is 18.7 Å². The maximum Gasteiger partial charge on any atom is 0.344 e.